The monoisotopic (exact) mass is 184 g/mol. The van der Waals surface area contributed by atoms with Gasteiger partial charge >= 0.3 is 0 Å². The van der Waals surface area contributed by atoms with E-state index >= 15 is 0 Å². The van der Waals surface area contributed by atoms with Crippen LogP contribution in [0.4, 0.5) is 0 Å². The van der Waals surface area contributed by atoms with Crippen LogP contribution in [0.5, 0.6) is 5.75 Å². The standard InChI is InChI=1S/C12H8O2/c13-9-4-5-12-11(6-9)10-3-1-2-8(10)7-14-12/h1-7,13H. The molecule has 14 heavy (non-hydrogen) atoms. The Labute approximate surface area is 80.7 Å². The van der Waals surface area contributed by atoms with Gasteiger partial charge in [-0.3, -0.25) is 0 Å². The largest absolute Gasteiger partial charge is 0.508 e. The fourth-order valence-electron chi connectivity index (χ4n) is 1.74. The molecule has 2 aliphatic rings. The Morgan fingerprint density at radius 2 is 2.00 bits per heavy atom. The Bertz CT molecular complexity index is 566. The van der Waals surface area contributed by atoms with E-state index in [2.05, 4.69) is 0 Å². The molecule has 3 rings (SSSR count). The second-order valence-corrected chi connectivity index (χ2v) is 3.31. The van der Waals surface area contributed by atoms with Crippen molar-refractivity contribution in [3.63, 3.8) is 0 Å². The van der Waals surface area contributed by atoms with E-state index in [1.165, 1.54) is 0 Å². The summed E-state index contributed by atoms with van der Waals surface area (Å²) in [5.74, 6) is 0.265. The minimum Gasteiger partial charge on any atom is -0.508 e. The highest BCUT2D eigenvalue weighted by Crippen LogP contribution is 2.33. The Hall–Kier alpha value is -1.96. The third-order valence-electron chi connectivity index (χ3n) is 2.42. The Morgan fingerprint density at radius 1 is 1.07 bits per heavy atom. The van der Waals surface area contributed by atoms with Gasteiger partial charge in [-0.2, -0.15) is 0 Å². The number of aromatic hydroxyl groups is 1. The predicted molar refractivity (Wildman–Crippen MR) is 54.5 cm³/mol. The first kappa shape index (κ1) is 7.44. The van der Waals surface area contributed by atoms with Crippen LogP contribution in [0.1, 0.15) is 0 Å². The number of hydrogen-bond donors (Lipinski definition) is 1. The van der Waals surface area contributed by atoms with Crippen LogP contribution in [-0.2, 0) is 0 Å². The molecule has 0 radical (unpaired) electrons. The summed E-state index contributed by atoms with van der Waals surface area (Å²) in [4.78, 5) is 0. The van der Waals surface area contributed by atoms with Gasteiger partial charge in [-0.1, -0.05) is 18.2 Å². The van der Waals surface area contributed by atoms with Crippen molar-refractivity contribution in [2.75, 3.05) is 0 Å². The van der Waals surface area contributed by atoms with Gasteiger partial charge in [-0.05, 0) is 23.8 Å². The van der Waals surface area contributed by atoms with Crippen molar-refractivity contribution in [1.82, 2.24) is 0 Å². The highest BCUT2D eigenvalue weighted by atomic mass is 16.3. The smallest absolute Gasteiger partial charge is 0.134 e. The fraction of sp³-hybridized carbons (Fsp3) is 0. The fourth-order valence-corrected chi connectivity index (χ4v) is 1.74. The zero-order chi connectivity index (χ0) is 9.54. The molecule has 1 aliphatic heterocycles. The molecule has 0 unspecified atom stereocenters. The number of phenolic OH excluding ortho intramolecular Hbond substituents is 1. The lowest BCUT2D eigenvalue weighted by atomic mass is 10.1. The zero-order valence-corrected chi connectivity index (χ0v) is 7.40. The first-order chi connectivity index (χ1) is 6.84. The van der Waals surface area contributed by atoms with E-state index in [0.29, 0.717) is 0 Å². The summed E-state index contributed by atoms with van der Waals surface area (Å²) in [7, 11) is 0. The Balaban J connectivity index is 2.53. The number of phenols is 1. The second kappa shape index (κ2) is 2.51. The third-order valence-corrected chi connectivity index (χ3v) is 2.42. The van der Waals surface area contributed by atoms with Crippen molar-refractivity contribution in [1.29, 1.82) is 0 Å². The number of benzene rings is 1. The maximum absolute atomic E-state index is 9.39. The number of hydrogen-bond acceptors (Lipinski definition) is 2. The molecule has 0 bridgehead atoms. The van der Waals surface area contributed by atoms with Crippen LogP contribution in [0.15, 0.2) is 47.1 Å². The van der Waals surface area contributed by atoms with Crippen LogP contribution < -0.4 is 0 Å². The molecule has 0 spiro atoms. The van der Waals surface area contributed by atoms with Crippen molar-refractivity contribution in [2.45, 2.75) is 0 Å². The summed E-state index contributed by atoms with van der Waals surface area (Å²) in [6.45, 7) is 0. The maximum Gasteiger partial charge on any atom is 0.134 e. The summed E-state index contributed by atoms with van der Waals surface area (Å²) in [5, 5.41) is 10.3. The first-order valence-electron chi connectivity index (χ1n) is 4.43. The van der Waals surface area contributed by atoms with Crippen molar-refractivity contribution in [3.8, 4) is 16.9 Å². The highest BCUT2D eigenvalue weighted by molar-refractivity contribution is 5.95. The van der Waals surface area contributed by atoms with Gasteiger partial charge in [0.1, 0.15) is 11.3 Å². The lowest BCUT2D eigenvalue weighted by molar-refractivity contribution is 0.475. The summed E-state index contributed by atoms with van der Waals surface area (Å²) in [5.41, 5.74) is 2.96. The molecule has 0 aromatic heterocycles. The second-order valence-electron chi connectivity index (χ2n) is 3.31. The summed E-state index contributed by atoms with van der Waals surface area (Å²) in [6.07, 6.45) is 1.73. The molecular weight excluding hydrogens is 176 g/mol. The highest BCUT2D eigenvalue weighted by Gasteiger charge is 2.08. The van der Waals surface area contributed by atoms with Crippen LogP contribution >= 0.6 is 0 Å². The van der Waals surface area contributed by atoms with E-state index in [4.69, 9.17) is 4.42 Å². The van der Waals surface area contributed by atoms with Gasteiger partial charge in [0.2, 0.25) is 0 Å². The van der Waals surface area contributed by atoms with Gasteiger partial charge in [0.05, 0.1) is 6.26 Å². The molecule has 2 nitrogen and oxygen atoms in total. The van der Waals surface area contributed by atoms with Crippen molar-refractivity contribution in [2.24, 2.45) is 0 Å². The molecule has 1 aromatic carbocycles. The SMILES string of the molecule is Oc1ccc2occ3cccc-3c2c1. The van der Waals surface area contributed by atoms with E-state index in [-0.39, 0.29) is 5.75 Å². The van der Waals surface area contributed by atoms with Crippen LogP contribution in [0.2, 0.25) is 0 Å². The molecule has 68 valence electrons. The van der Waals surface area contributed by atoms with Crippen molar-refractivity contribution < 1.29 is 9.52 Å². The van der Waals surface area contributed by atoms with Crippen molar-refractivity contribution >= 4 is 11.0 Å². The molecule has 2 heteroatoms. The number of fused-ring (bicyclic) bond motifs is 3. The molecule has 0 amide bonds. The van der Waals surface area contributed by atoms with Crippen molar-refractivity contribution in [3.05, 3.63) is 42.7 Å². The van der Waals surface area contributed by atoms with E-state index in [1.54, 1.807) is 24.5 Å². The molecule has 1 aromatic rings. The van der Waals surface area contributed by atoms with Gasteiger partial charge in [0.15, 0.2) is 0 Å². The molecular formula is C12H8O2. The van der Waals surface area contributed by atoms with Gasteiger partial charge in [-0.25, -0.2) is 0 Å². The summed E-state index contributed by atoms with van der Waals surface area (Å²) < 4.78 is 5.43. The van der Waals surface area contributed by atoms with Crippen LogP contribution in [0.3, 0.4) is 0 Å². The molecule has 0 atom stereocenters. The molecule has 0 saturated heterocycles. The minimum absolute atomic E-state index is 0.265. The molecule has 1 aliphatic carbocycles. The topological polar surface area (TPSA) is 33.4 Å². The predicted octanol–water partition coefficient (Wildman–Crippen LogP) is 3.24. The maximum atomic E-state index is 9.39. The minimum atomic E-state index is 0.265. The quantitative estimate of drug-likeness (QED) is 0.581. The first-order valence-corrected chi connectivity index (χ1v) is 4.43. The molecule has 0 saturated carbocycles. The average molecular weight is 184 g/mol. The van der Waals surface area contributed by atoms with Gasteiger partial charge < -0.3 is 9.52 Å². The van der Waals surface area contributed by atoms with Crippen LogP contribution in [0.25, 0.3) is 22.1 Å². The Kier molecular flexibility index (Phi) is 1.34. The lowest BCUT2D eigenvalue weighted by Gasteiger charge is -2.04. The Morgan fingerprint density at radius 3 is 2.93 bits per heavy atom. The van der Waals surface area contributed by atoms with Gasteiger partial charge in [0.25, 0.3) is 0 Å². The van der Waals surface area contributed by atoms with E-state index < -0.39 is 0 Å². The van der Waals surface area contributed by atoms with Gasteiger partial charge in [0, 0.05) is 10.9 Å². The summed E-state index contributed by atoms with van der Waals surface area (Å²) >= 11 is 0. The van der Waals surface area contributed by atoms with Crippen LogP contribution in [0, 0.1) is 0 Å². The molecule has 0 fully saturated rings. The van der Waals surface area contributed by atoms with E-state index in [9.17, 15) is 5.11 Å². The van der Waals surface area contributed by atoms with E-state index in [0.717, 1.165) is 22.1 Å². The van der Waals surface area contributed by atoms with Gasteiger partial charge in [-0.15, -0.1) is 0 Å². The zero-order valence-electron chi connectivity index (χ0n) is 7.40. The van der Waals surface area contributed by atoms with E-state index in [1.807, 2.05) is 18.2 Å². The summed E-state index contributed by atoms with van der Waals surface area (Å²) in [6, 6.07) is 11.1. The lowest BCUT2D eigenvalue weighted by Crippen LogP contribution is -1.78. The third kappa shape index (κ3) is 0.909. The molecule has 1 heterocycles. The van der Waals surface area contributed by atoms with Crippen LogP contribution in [-0.4, -0.2) is 5.11 Å². The number of rotatable bonds is 0. The average Bonchev–Trinajstić information content (AvgIpc) is 2.65. The normalized spacial score (nSPS) is 11.1. The molecule has 1 N–H and O–H groups in total.